The van der Waals surface area contributed by atoms with Crippen LogP contribution in [0, 0.1) is 48.7 Å². The summed E-state index contributed by atoms with van der Waals surface area (Å²) in [5, 5.41) is 1.64. The molecule has 0 radical (unpaired) electrons. The van der Waals surface area contributed by atoms with Crippen molar-refractivity contribution in [2.75, 3.05) is 9.80 Å². The van der Waals surface area contributed by atoms with Crippen LogP contribution in [0.5, 0.6) is 0 Å². The third-order valence-electron chi connectivity index (χ3n) is 22.9. The molecule has 0 saturated carbocycles. The molecule has 0 atom stereocenters. The van der Waals surface area contributed by atoms with Gasteiger partial charge < -0.3 is 18.9 Å². The lowest BCUT2D eigenvalue weighted by atomic mass is 9.33. The fourth-order valence-corrected chi connectivity index (χ4v) is 19.2. The van der Waals surface area contributed by atoms with Gasteiger partial charge in [0.1, 0.15) is 0 Å². The maximum atomic E-state index is 11.4. The zero-order valence-corrected chi connectivity index (χ0v) is 80.4. The second-order valence-electron chi connectivity index (χ2n) is 45.6. The first-order valence-electron chi connectivity index (χ1n) is 56.7. The van der Waals surface area contributed by atoms with Gasteiger partial charge in [-0.25, -0.2) is 0 Å². The number of fused-ring (bicyclic) bond motifs is 10. The van der Waals surface area contributed by atoms with E-state index in [1.165, 1.54) is 0 Å². The number of hydrogen-bond acceptors (Lipinski definition) is 2. The number of nitrogens with zero attached hydrogens (tertiary/aromatic N) is 4. The minimum atomic E-state index is -2.42. The number of aromatic nitrogens is 2. The Labute approximate surface area is 799 Å². The Morgan fingerprint density at radius 2 is 0.539 bits per heavy atom. The molecule has 2 aliphatic heterocycles. The zero-order chi connectivity index (χ0) is 111. The molecular weight excluding hydrogens is 1540 g/mol. The van der Waals surface area contributed by atoms with Crippen molar-refractivity contribution in [3.63, 3.8) is 0 Å². The summed E-state index contributed by atoms with van der Waals surface area (Å²) in [7, 11) is 0. The van der Waals surface area contributed by atoms with Gasteiger partial charge in [0.25, 0.3) is 6.71 Å². The van der Waals surface area contributed by atoms with E-state index >= 15 is 0 Å². The van der Waals surface area contributed by atoms with Crippen molar-refractivity contribution in [3.05, 3.63) is 305 Å². The molecule has 4 nitrogen and oxygen atoms in total. The molecular formula is C123H141BN4. The third-order valence-corrected chi connectivity index (χ3v) is 22.9. The van der Waals surface area contributed by atoms with Gasteiger partial charge in [-0.3, -0.25) is 0 Å². The molecule has 2 aromatic heterocycles. The molecule has 0 aliphatic carbocycles. The molecule has 0 unspecified atom stereocenters. The minimum absolute atomic E-state index is 0.111. The van der Waals surface area contributed by atoms with Crippen LogP contribution < -0.4 is 26.2 Å². The summed E-state index contributed by atoms with van der Waals surface area (Å²) >= 11 is 0. The molecule has 656 valence electrons. The number of rotatable bonds is 17. The van der Waals surface area contributed by atoms with Crippen LogP contribution in [0.2, 0.25) is 0 Å². The van der Waals surface area contributed by atoms with Crippen LogP contribution in [0.15, 0.2) is 255 Å². The Bertz CT molecular complexity index is 7420. The van der Waals surface area contributed by atoms with E-state index in [0.29, 0.717) is 141 Å². The number of para-hydroxylation sites is 2. The molecule has 5 heteroatoms. The van der Waals surface area contributed by atoms with Crippen LogP contribution in [0.1, 0.15) is 267 Å². The molecule has 0 N–H and O–H groups in total. The SMILES string of the molecule is [2H]c1c([2H])c([2H])c2c(c1[2H])c1cc(CC(C)(C)C)ccc1n2-c1ccc2c(c1)N(c1c(-c3cccc(C([2H])([2H])C(C)(C)C)c3)cc(C([2H])([2H])C(C)(C)C)cc1-c1cccc(C([2H])([2H])C(C)(C)C)c1)c1cc(C([2H])([2H])C(C)(C)C)cc3c1B2c1ccc(-n2c4ccc(CC(C)(C)C)cc4c4c([2H])c([2H])c([2H])c([2H])c42)cc1N3c1c(-c2cccc(C([2H])([2H])C(C)(C)C)c2)cc(C([2H])([2H])C(C)(C)C)cc1-c1cccc(C([2H])([2H])C(C)(C)C)c1. The Kier molecular flexibility index (Phi) is 16.7. The Morgan fingerprint density at radius 1 is 0.250 bits per heavy atom. The second kappa shape index (κ2) is 32.6. The standard InChI is InChI=1S/C123H141BN4/c1-115(2,3)70-79-36-32-40-88(56-79)96-62-85(76-121(19,20)21)63-97(89-41-33-37-80(57-89)71-116(4,5)6)113(96)127-108-68-92(125-104-46-30-28-44-94(104)100-60-83(48-54-106(100)125)74-119(13,14)15)50-52-102(108)124-103-53-51-93(126-105-47-31-29-45-95(105)101-61-84(49-55-107(101)126)75-120(16,17)18)69-109(103)128(111-67-87(78-123(25,26)27)66-110(127)112(111)124)114-98(90-42-34-38-81(58-90)72-117(7,8)9)64-86(77-122(22,23)24)65-99(114)91-43-35-39-82(59-91)73-118(10,11)12/h28-69H,70-78H2,1-27H3/i28D,29D,30D,31D,44D,45D,46D,47D,70D2,71D2,72D2,73D2,76D2,77D2,78D2. The first-order chi connectivity index (χ1) is 68.7. The van der Waals surface area contributed by atoms with Crippen LogP contribution in [-0.4, -0.2) is 15.8 Å². The average molecular weight is 1710 g/mol. The monoisotopic (exact) mass is 1710 g/mol. The highest BCUT2D eigenvalue weighted by molar-refractivity contribution is 7.00. The minimum Gasteiger partial charge on any atom is -0.310 e. The van der Waals surface area contributed by atoms with E-state index in [1.54, 1.807) is 48.5 Å². The first-order valence-corrected chi connectivity index (χ1v) is 45.7. The van der Waals surface area contributed by atoms with E-state index in [-0.39, 0.29) is 95.7 Å². The van der Waals surface area contributed by atoms with Crippen molar-refractivity contribution < 1.29 is 30.2 Å². The number of hydrogen-bond donors (Lipinski definition) is 0. The maximum absolute atomic E-state index is 11.4. The molecule has 0 spiro atoms. The van der Waals surface area contributed by atoms with Gasteiger partial charge in [0.15, 0.2) is 0 Å². The second-order valence-corrected chi connectivity index (χ2v) is 45.6. The summed E-state index contributed by atoms with van der Waals surface area (Å²) in [6, 6.07) is 61.0. The van der Waals surface area contributed by atoms with Crippen molar-refractivity contribution >= 4 is 101 Å². The molecule has 4 heterocycles. The average Bonchev–Trinajstić information content (AvgIpc) is 0.884. The molecule has 2 aliphatic rings. The van der Waals surface area contributed by atoms with Gasteiger partial charge in [-0.1, -0.05) is 345 Å². The Morgan fingerprint density at radius 3 is 0.836 bits per heavy atom. The maximum Gasteiger partial charge on any atom is 0.252 e. The fourth-order valence-electron chi connectivity index (χ4n) is 19.2. The van der Waals surface area contributed by atoms with Gasteiger partial charge >= 0.3 is 0 Å². The summed E-state index contributed by atoms with van der Waals surface area (Å²) < 4.78 is 230. The first kappa shape index (κ1) is 65.6. The third kappa shape index (κ3) is 19.1. The van der Waals surface area contributed by atoms with E-state index in [2.05, 4.69) is 51.3 Å². The van der Waals surface area contributed by atoms with Gasteiger partial charge in [0.2, 0.25) is 0 Å². The van der Waals surface area contributed by atoms with Crippen LogP contribution in [0.4, 0.5) is 34.1 Å². The van der Waals surface area contributed by atoms with E-state index < -0.39 is 113 Å². The van der Waals surface area contributed by atoms with Gasteiger partial charge in [-0.2, -0.15) is 0 Å². The molecule has 15 aromatic rings. The molecule has 128 heavy (non-hydrogen) atoms. The number of benzene rings is 13. The highest BCUT2D eigenvalue weighted by Gasteiger charge is 2.47. The van der Waals surface area contributed by atoms with E-state index in [0.717, 1.165) is 11.1 Å². The van der Waals surface area contributed by atoms with Crippen molar-refractivity contribution in [2.45, 2.75) is 244 Å². The van der Waals surface area contributed by atoms with Crippen LogP contribution in [0.3, 0.4) is 0 Å². The van der Waals surface area contributed by atoms with Crippen molar-refractivity contribution in [2.24, 2.45) is 48.7 Å². The van der Waals surface area contributed by atoms with E-state index in [9.17, 15) is 30.2 Å². The predicted molar refractivity (Wildman–Crippen MR) is 559 cm³/mol. The molecule has 0 saturated heterocycles. The lowest BCUT2D eigenvalue weighted by Gasteiger charge is -2.46. The Hall–Kier alpha value is -10.9. The lowest BCUT2D eigenvalue weighted by Crippen LogP contribution is -2.61. The van der Waals surface area contributed by atoms with Crippen LogP contribution >= 0.6 is 0 Å². The molecule has 13 aromatic carbocycles. The molecule has 0 fully saturated rings. The molecule has 0 amide bonds. The summed E-state index contributed by atoms with van der Waals surface area (Å²) in [4.78, 5) is 4.18. The van der Waals surface area contributed by atoms with Gasteiger partial charge in [-0.05, 0) is 292 Å². The largest absolute Gasteiger partial charge is 0.310 e. The topological polar surface area (TPSA) is 16.3 Å². The van der Waals surface area contributed by atoms with Crippen LogP contribution in [-0.2, 0) is 57.5 Å². The highest BCUT2D eigenvalue weighted by atomic mass is 15.2. The van der Waals surface area contributed by atoms with Gasteiger partial charge in [-0.15, -0.1) is 0 Å². The summed E-state index contributed by atoms with van der Waals surface area (Å²) in [6.07, 6.45) is -13.9. The smallest absolute Gasteiger partial charge is 0.252 e. The predicted octanol–water partition coefficient (Wildman–Crippen LogP) is 32.9. The number of anilines is 6. The highest BCUT2D eigenvalue weighted by Crippen LogP contribution is 2.56. The van der Waals surface area contributed by atoms with Crippen molar-refractivity contribution in [1.82, 2.24) is 9.13 Å². The Balaban J connectivity index is 1.18. The van der Waals surface area contributed by atoms with Gasteiger partial charge in [0.05, 0.1) is 44.4 Å². The molecule has 0 bridgehead atoms. The summed E-state index contributed by atoms with van der Waals surface area (Å²) in [5.41, 5.74) is 4.29. The lowest BCUT2D eigenvalue weighted by molar-refractivity contribution is 0.410. The molecule has 17 rings (SSSR count). The van der Waals surface area contributed by atoms with Crippen LogP contribution in [0.25, 0.3) is 99.5 Å². The zero-order valence-electron chi connectivity index (χ0n) is 102. The van der Waals surface area contributed by atoms with Gasteiger partial charge in [0, 0.05) is 97.1 Å². The van der Waals surface area contributed by atoms with E-state index in [4.69, 9.17) is 0 Å². The quantitative estimate of drug-likeness (QED) is 0.0845. The van der Waals surface area contributed by atoms with Crippen molar-refractivity contribution in [1.29, 1.82) is 0 Å². The summed E-state index contributed by atoms with van der Waals surface area (Å²) in [5.74, 6) is 0. The fraction of sp³-hybridized carbons (Fsp3) is 0.366. The van der Waals surface area contributed by atoms with E-state index in [1.807, 2.05) is 312 Å². The normalized spacial score (nSPS) is 16.9. The van der Waals surface area contributed by atoms with Crippen molar-refractivity contribution in [3.8, 4) is 55.9 Å². The summed E-state index contributed by atoms with van der Waals surface area (Å²) in [6.45, 7) is 50.2.